The highest BCUT2D eigenvalue weighted by Gasteiger charge is 2.33. The summed E-state index contributed by atoms with van der Waals surface area (Å²) in [7, 11) is 0. The fourth-order valence-corrected chi connectivity index (χ4v) is 3.01. The van der Waals surface area contributed by atoms with Gasteiger partial charge in [-0.1, -0.05) is 29.3 Å². The summed E-state index contributed by atoms with van der Waals surface area (Å²) < 4.78 is 38.4. The Balaban J connectivity index is 2.03. The van der Waals surface area contributed by atoms with Gasteiger partial charge in [-0.25, -0.2) is 0 Å². The molecule has 8 heteroatoms. The number of carbonyl (C=O) groups is 1. The van der Waals surface area contributed by atoms with E-state index >= 15 is 0 Å². The molecule has 0 aliphatic carbocycles. The third kappa shape index (κ3) is 5.06. The third-order valence-electron chi connectivity index (χ3n) is 3.09. The Bertz CT molecular complexity index is 765. The van der Waals surface area contributed by atoms with Crippen molar-refractivity contribution in [1.29, 1.82) is 0 Å². The Morgan fingerprint density at radius 2 is 1.88 bits per heavy atom. The van der Waals surface area contributed by atoms with Crippen LogP contribution < -0.4 is 5.32 Å². The van der Waals surface area contributed by atoms with E-state index in [1.165, 1.54) is 12.1 Å². The van der Waals surface area contributed by atoms with Gasteiger partial charge in [0.25, 0.3) is 0 Å². The van der Waals surface area contributed by atoms with E-state index in [2.05, 4.69) is 5.32 Å². The molecule has 0 fully saturated rings. The Hall–Kier alpha value is -1.37. The minimum Gasteiger partial charge on any atom is -0.325 e. The van der Waals surface area contributed by atoms with Crippen LogP contribution in [0.25, 0.3) is 0 Å². The van der Waals surface area contributed by atoms with E-state index in [4.69, 9.17) is 23.2 Å². The van der Waals surface area contributed by atoms with Crippen LogP contribution in [0, 0.1) is 6.92 Å². The lowest BCUT2D eigenvalue weighted by molar-refractivity contribution is -0.137. The van der Waals surface area contributed by atoms with Crippen molar-refractivity contribution >= 4 is 46.6 Å². The van der Waals surface area contributed by atoms with Gasteiger partial charge in [-0.3, -0.25) is 4.79 Å². The Labute approximate surface area is 151 Å². The molecule has 2 aromatic carbocycles. The first-order valence-corrected chi connectivity index (χ1v) is 8.46. The molecular formula is C16H12Cl2F3NOS. The third-order valence-corrected chi connectivity index (χ3v) is 4.65. The molecule has 128 valence electrons. The van der Waals surface area contributed by atoms with Crippen molar-refractivity contribution < 1.29 is 18.0 Å². The van der Waals surface area contributed by atoms with Gasteiger partial charge in [0.2, 0.25) is 5.91 Å². The van der Waals surface area contributed by atoms with Crippen LogP contribution in [0.15, 0.2) is 41.3 Å². The molecule has 0 bridgehead atoms. The summed E-state index contributed by atoms with van der Waals surface area (Å²) in [5, 5.41) is 2.80. The molecule has 1 N–H and O–H groups in total. The van der Waals surface area contributed by atoms with Crippen LogP contribution in [-0.2, 0) is 11.0 Å². The second-order valence-corrected chi connectivity index (χ2v) is 6.83. The van der Waals surface area contributed by atoms with Crippen molar-refractivity contribution in [2.24, 2.45) is 0 Å². The quantitative estimate of drug-likeness (QED) is 0.640. The molecule has 2 nitrogen and oxygen atoms in total. The number of nitrogens with one attached hydrogen (secondary N) is 1. The van der Waals surface area contributed by atoms with Crippen LogP contribution in [0.4, 0.5) is 18.9 Å². The summed E-state index contributed by atoms with van der Waals surface area (Å²) >= 11 is 12.4. The largest absolute Gasteiger partial charge is 0.417 e. The number of benzene rings is 2. The topological polar surface area (TPSA) is 29.1 Å². The smallest absolute Gasteiger partial charge is 0.325 e. The summed E-state index contributed by atoms with van der Waals surface area (Å²) in [5.74, 6) is -0.376. The normalized spacial score (nSPS) is 11.4. The number of hydrogen-bond donors (Lipinski definition) is 1. The van der Waals surface area contributed by atoms with Crippen molar-refractivity contribution in [2.45, 2.75) is 18.0 Å². The molecule has 2 rings (SSSR count). The summed E-state index contributed by atoms with van der Waals surface area (Å²) in [4.78, 5) is 12.3. The number of aryl methyl sites for hydroxylation is 1. The zero-order valence-corrected chi connectivity index (χ0v) is 14.7. The first-order valence-electron chi connectivity index (χ1n) is 6.72. The van der Waals surface area contributed by atoms with Gasteiger partial charge in [0.05, 0.1) is 16.3 Å². The molecule has 0 aliphatic rings. The molecule has 0 aliphatic heterocycles. The van der Waals surface area contributed by atoms with E-state index < -0.39 is 11.7 Å². The van der Waals surface area contributed by atoms with E-state index in [0.29, 0.717) is 15.6 Å². The monoisotopic (exact) mass is 393 g/mol. The fraction of sp³-hybridized carbons (Fsp3) is 0.188. The number of carbonyl (C=O) groups excluding carboxylic acids is 1. The van der Waals surface area contributed by atoms with Gasteiger partial charge in [-0.05, 0) is 42.8 Å². The molecule has 0 unspecified atom stereocenters. The summed E-state index contributed by atoms with van der Waals surface area (Å²) in [6, 6.07) is 8.63. The van der Waals surface area contributed by atoms with Crippen molar-refractivity contribution in [3.8, 4) is 0 Å². The van der Waals surface area contributed by atoms with E-state index in [1.54, 1.807) is 18.2 Å². The van der Waals surface area contributed by atoms with Gasteiger partial charge in [0.1, 0.15) is 0 Å². The van der Waals surface area contributed by atoms with E-state index in [9.17, 15) is 18.0 Å². The van der Waals surface area contributed by atoms with Crippen LogP contribution in [0.3, 0.4) is 0 Å². The molecule has 0 radical (unpaired) electrons. The van der Waals surface area contributed by atoms with Crippen LogP contribution in [0.1, 0.15) is 11.1 Å². The van der Waals surface area contributed by atoms with Gasteiger partial charge in [-0.2, -0.15) is 13.2 Å². The molecular weight excluding hydrogens is 382 g/mol. The summed E-state index contributed by atoms with van der Waals surface area (Å²) in [6.45, 7) is 1.81. The predicted molar refractivity (Wildman–Crippen MR) is 92.0 cm³/mol. The number of amides is 1. The Morgan fingerprint density at radius 1 is 1.17 bits per heavy atom. The molecule has 0 spiro atoms. The van der Waals surface area contributed by atoms with Crippen LogP contribution in [0.2, 0.25) is 10.0 Å². The number of anilines is 1. The Morgan fingerprint density at radius 3 is 2.54 bits per heavy atom. The molecule has 0 aromatic heterocycles. The van der Waals surface area contributed by atoms with Crippen molar-refractivity contribution in [3.05, 3.63) is 57.6 Å². The minimum absolute atomic E-state index is 0.0368. The molecule has 24 heavy (non-hydrogen) atoms. The SMILES string of the molecule is Cc1ccc(Cl)cc1NC(=O)CSc1ccc(Cl)c(C(F)(F)F)c1. The summed E-state index contributed by atoms with van der Waals surface area (Å²) in [5.41, 5.74) is 0.490. The van der Waals surface area contributed by atoms with E-state index in [-0.39, 0.29) is 16.7 Å². The highest BCUT2D eigenvalue weighted by molar-refractivity contribution is 8.00. The van der Waals surface area contributed by atoms with Gasteiger partial charge < -0.3 is 5.32 Å². The Kier molecular flexibility index (Phi) is 6.06. The molecule has 0 heterocycles. The first kappa shape index (κ1) is 19.0. The number of halogens is 5. The molecule has 2 aromatic rings. The van der Waals surface area contributed by atoms with Gasteiger partial charge >= 0.3 is 6.18 Å². The number of alkyl halides is 3. The van der Waals surface area contributed by atoms with E-state index in [0.717, 1.165) is 23.4 Å². The van der Waals surface area contributed by atoms with Crippen molar-refractivity contribution in [2.75, 3.05) is 11.1 Å². The summed E-state index contributed by atoms with van der Waals surface area (Å²) in [6.07, 6.45) is -4.53. The highest BCUT2D eigenvalue weighted by atomic mass is 35.5. The lowest BCUT2D eigenvalue weighted by Gasteiger charge is -2.11. The average molecular weight is 394 g/mol. The molecule has 0 atom stereocenters. The first-order chi connectivity index (χ1) is 11.2. The van der Waals surface area contributed by atoms with Gasteiger partial charge in [-0.15, -0.1) is 11.8 Å². The van der Waals surface area contributed by atoms with E-state index in [1.807, 2.05) is 6.92 Å². The number of thioether (sulfide) groups is 1. The fourth-order valence-electron chi connectivity index (χ4n) is 1.88. The number of hydrogen-bond acceptors (Lipinski definition) is 2. The van der Waals surface area contributed by atoms with Crippen LogP contribution in [-0.4, -0.2) is 11.7 Å². The van der Waals surface area contributed by atoms with Gasteiger partial charge in [0, 0.05) is 15.6 Å². The van der Waals surface area contributed by atoms with Crippen molar-refractivity contribution in [3.63, 3.8) is 0 Å². The van der Waals surface area contributed by atoms with Gasteiger partial charge in [0.15, 0.2) is 0 Å². The zero-order valence-electron chi connectivity index (χ0n) is 12.4. The maximum atomic E-state index is 12.8. The molecule has 1 amide bonds. The second-order valence-electron chi connectivity index (χ2n) is 4.94. The zero-order chi connectivity index (χ0) is 17.9. The van der Waals surface area contributed by atoms with Crippen molar-refractivity contribution in [1.82, 2.24) is 0 Å². The predicted octanol–water partition coefficient (Wildman–Crippen LogP) is 6.05. The van der Waals surface area contributed by atoms with Crippen LogP contribution >= 0.6 is 35.0 Å². The number of rotatable bonds is 4. The molecule has 0 saturated carbocycles. The maximum absolute atomic E-state index is 12.8. The average Bonchev–Trinajstić information content (AvgIpc) is 2.49. The standard InChI is InChI=1S/C16H12Cl2F3NOS/c1-9-2-3-10(17)6-14(9)22-15(23)8-24-11-4-5-13(18)12(7-11)16(19,20)21/h2-7H,8H2,1H3,(H,22,23). The lowest BCUT2D eigenvalue weighted by atomic mass is 10.2. The second kappa shape index (κ2) is 7.68. The minimum atomic E-state index is -4.53. The lowest BCUT2D eigenvalue weighted by Crippen LogP contribution is -2.15. The highest BCUT2D eigenvalue weighted by Crippen LogP contribution is 2.37. The maximum Gasteiger partial charge on any atom is 0.417 e. The van der Waals surface area contributed by atoms with Crippen LogP contribution in [0.5, 0.6) is 0 Å². The molecule has 0 saturated heterocycles.